The number of aryl methyl sites for hydroxylation is 1. The zero-order valence-electron chi connectivity index (χ0n) is 8.42. The number of pyridine rings is 1. The fourth-order valence-corrected chi connectivity index (χ4v) is 2.01. The highest BCUT2D eigenvalue weighted by Crippen LogP contribution is 2.20. The summed E-state index contributed by atoms with van der Waals surface area (Å²) < 4.78 is 2.00. The van der Waals surface area contributed by atoms with Gasteiger partial charge in [0, 0.05) is 24.7 Å². The van der Waals surface area contributed by atoms with Crippen molar-refractivity contribution in [2.75, 3.05) is 5.73 Å². The second-order valence-corrected chi connectivity index (χ2v) is 4.21. The molecular formula is C10H12N4S. The highest BCUT2D eigenvalue weighted by molar-refractivity contribution is 7.98. The molecule has 0 radical (unpaired) electrons. The average Bonchev–Trinajstić information content (AvgIpc) is 2.63. The summed E-state index contributed by atoms with van der Waals surface area (Å²) in [6.07, 6.45) is 5.34. The van der Waals surface area contributed by atoms with E-state index in [0.29, 0.717) is 5.69 Å². The first-order valence-corrected chi connectivity index (χ1v) is 5.54. The van der Waals surface area contributed by atoms with E-state index in [4.69, 9.17) is 5.73 Å². The first-order valence-electron chi connectivity index (χ1n) is 4.55. The minimum atomic E-state index is 0.694. The Morgan fingerprint density at radius 3 is 2.87 bits per heavy atom. The molecule has 0 spiro atoms. The van der Waals surface area contributed by atoms with Crippen LogP contribution in [-0.4, -0.2) is 14.5 Å². The molecule has 2 rings (SSSR count). The Kier molecular flexibility index (Phi) is 2.91. The van der Waals surface area contributed by atoms with Crippen molar-refractivity contribution in [2.45, 2.75) is 10.8 Å². The smallest absolute Gasteiger partial charge is 0.0965 e. The Bertz CT molecular complexity index is 435. The van der Waals surface area contributed by atoms with Crippen LogP contribution in [0.4, 0.5) is 5.69 Å². The number of rotatable bonds is 3. The summed E-state index contributed by atoms with van der Waals surface area (Å²) in [5.41, 5.74) is 7.43. The zero-order chi connectivity index (χ0) is 10.7. The lowest BCUT2D eigenvalue weighted by Crippen LogP contribution is -1.92. The van der Waals surface area contributed by atoms with Crippen LogP contribution < -0.4 is 5.73 Å². The number of imidazole rings is 1. The Balaban J connectivity index is 1.99. The first-order chi connectivity index (χ1) is 7.25. The van der Waals surface area contributed by atoms with Crippen LogP contribution in [0, 0.1) is 0 Å². The average molecular weight is 220 g/mol. The van der Waals surface area contributed by atoms with E-state index in [-0.39, 0.29) is 0 Å². The van der Waals surface area contributed by atoms with E-state index < -0.39 is 0 Å². The zero-order valence-corrected chi connectivity index (χ0v) is 9.24. The molecule has 0 saturated heterocycles. The van der Waals surface area contributed by atoms with Gasteiger partial charge in [0.2, 0.25) is 0 Å². The Morgan fingerprint density at radius 2 is 2.27 bits per heavy atom. The predicted molar refractivity (Wildman–Crippen MR) is 61.4 cm³/mol. The van der Waals surface area contributed by atoms with Crippen molar-refractivity contribution in [1.82, 2.24) is 14.5 Å². The maximum Gasteiger partial charge on any atom is 0.0965 e. The van der Waals surface area contributed by atoms with Crippen LogP contribution in [-0.2, 0) is 12.8 Å². The molecular weight excluding hydrogens is 208 g/mol. The molecule has 15 heavy (non-hydrogen) atoms. The van der Waals surface area contributed by atoms with Crippen LogP contribution >= 0.6 is 11.8 Å². The van der Waals surface area contributed by atoms with Crippen LogP contribution in [0.3, 0.4) is 0 Å². The van der Waals surface area contributed by atoms with Gasteiger partial charge in [0.1, 0.15) is 0 Å². The Morgan fingerprint density at radius 1 is 1.40 bits per heavy atom. The predicted octanol–water partition coefficient (Wildman–Crippen LogP) is 1.69. The van der Waals surface area contributed by atoms with Crippen molar-refractivity contribution < 1.29 is 0 Å². The molecule has 0 unspecified atom stereocenters. The van der Waals surface area contributed by atoms with Gasteiger partial charge in [-0.2, -0.15) is 0 Å². The van der Waals surface area contributed by atoms with Gasteiger partial charge in [-0.3, -0.25) is 0 Å². The van der Waals surface area contributed by atoms with E-state index in [1.807, 2.05) is 29.9 Å². The van der Waals surface area contributed by atoms with E-state index in [0.717, 1.165) is 10.8 Å². The van der Waals surface area contributed by atoms with Crippen LogP contribution in [0.25, 0.3) is 0 Å². The lowest BCUT2D eigenvalue weighted by atomic mass is 10.4. The molecule has 2 N–H and O–H groups in total. The van der Waals surface area contributed by atoms with Crippen molar-refractivity contribution in [3.63, 3.8) is 0 Å². The molecule has 0 aromatic carbocycles. The minimum Gasteiger partial charge on any atom is -0.397 e. The van der Waals surface area contributed by atoms with Crippen molar-refractivity contribution in [3.8, 4) is 0 Å². The van der Waals surface area contributed by atoms with E-state index in [9.17, 15) is 0 Å². The number of nitrogens with two attached hydrogens (primary N) is 1. The topological polar surface area (TPSA) is 56.7 Å². The molecule has 5 heteroatoms. The largest absolute Gasteiger partial charge is 0.397 e. The normalized spacial score (nSPS) is 10.5. The maximum atomic E-state index is 5.56. The van der Waals surface area contributed by atoms with Gasteiger partial charge in [0.15, 0.2) is 0 Å². The molecule has 4 nitrogen and oxygen atoms in total. The summed E-state index contributed by atoms with van der Waals surface area (Å²) >= 11 is 1.67. The number of anilines is 1. The third-order valence-electron chi connectivity index (χ3n) is 2.04. The first kappa shape index (κ1) is 10.0. The molecule has 0 aliphatic rings. The summed E-state index contributed by atoms with van der Waals surface area (Å²) in [4.78, 5) is 8.27. The second-order valence-electron chi connectivity index (χ2n) is 3.21. The second kappa shape index (κ2) is 4.35. The summed E-state index contributed by atoms with van der Waals surface area (Å²) in [5.74, 6) is 0.868. The van der Waals surface area contributed by atoms with Gasteiger partial charge in [-0.25, -0.2) is 9.97 Å². The van der Waals surface area contributed by atoms with Crippen LogP contribution in [0.2, 0.25) is 0 Å². The number of aromatic nitrogens is 3. The van der Waals surface area contributed by atoms with Crippen molar-refractivity contribution in [3.05, 3.63) is 36.5 Å². The molecule has 0 atom stereocenters. The highest BCUT2D eigenvalue weighted by Gasteiger charge is 2.00. The Labute approximate surface area is 92.5 Å². The molecule has 0 aliphatic heterocycles. The summed E-state index contributed by atoms with van der Waals surface area (Å²) in [6.45, 7) is 0. The lowest BCUT2D eigenvalue weighted by Gasteiger charge is -2.01. The van der Waals surface area contributed by atoms with E-state index in [1.54, 1.807) is 24.3 Å². The van der Waals surface area contributed by atoms with E-state index in [1.165, 1.54) is 5.69 Å². The van der Waals surface area contributed by atoms with Gasteiger partial charge in [-0.05, 0) is 12.1 Å². The summed E-state index contributed by atoms with van der Waals surface area (Å²) in [7, 11) is 1.99. The van der Waals surface area contributed by atoms with Gasteiger partial charge < -0.3 is 10.3 Å². The van der Waals surface area contributed by atoms with Gasteiger partial charge in [0.25, 0.3) is 0 Å². The van der Waals surface area contributed by atoms with Crippen LogP contribution in [0.5, 0.6) is 0 Å². The number of thioether (sulfide) groups is 1. The summed E-state index contributed by atoms with van der Waals surface area (Å²) in [6, 6.07) is 3.79. The molecule has 0 fully saturated rings. The van der Waals surface area contributed by atoms with E-state index in [2.05, 4.69) is 9.97 Å². The number of nitrogen functional groups attached to an aromatic ring is 1. The SMILES string of the molecule is Cn1cncc1CSc1ccc(N)cn1. The Hall–Kier alpha value is -1.49. The molecule has 78 valence electrons. The fourth-order valence-electron chi connectivity index (χ4n) is 1.15. The molecule has 0 amide bonds. The van der Waals surface area contributed by atoms with Crippen molar-refractivity contribution in [1.29, 1.82) is 0 Å². The molecule has 2 aromatic rings. The standard InChI is InChI=1S/C10H12N4S/c1-14-7-12-5-9(14)6-15-10-3-2-8(11)4-13-10/h2-5,7H,6,11H2,1H3. The quantitative estimate of drug-likeness (QED) is 0.800. The van der Waals surface area contributed by atoms with Gasteiger partial charge in [0.05, 0.1) is 23.2 Å². The monoisotopic (exact) mass is 220 g/mol. The number of hydrogen-bond donors (Lipinski definition) is 1. The summed E-state index contributed by atoms with van der Waals surface area (Å²) in [5, 5.41) is 0.977. The fraction of sp³-hybridized carbons (Fsp3) is 0.200. The van der Waals surface area contributed by atoms with Gasteiger partial charge in [-0.1, -0.05) is 0 Å². The van der Waals surface area contributed by atoms with Crippen molar-refractivity contribution >= 4 is 17.4 Å². The van der Waals surface area contributed by atoms with Gasteiger partial charge in [-0.15, -0.1) is 11.8 Å². The minimum absolute atomic E-state index is 0.694. The number of hydrogen-bond acceptors (Lipinski definition) is 4. The van der Waals surface area contributed by atoms with Crippen molar-refractivity contribution in [2.24, 2.45) is 7.05 Å². The van der Waals surface area contributed by atoms with Crippen LogP contribution in [0.15, 0.2) is 35.9 Å². The number of nitrogens with zero attached hydrogens (tertiary/aromatic N) is 3. The molecule has 0 saturated carbocycles. The third-order valence-corrected chi connectivity index (χ3v) is 3.02. The molecule has 2 heterocycles. The van der Waals surface area contributed by atoms with Gasteiger partial charge >= 0.3 is 0 Å². The molecule has 0 bridgehead atoms. The van der Waals surface area contributed by atoms with E-state index >= 15 is 0 Å². The molecule has 0 aliphatic carbocycles. The van der Waals surface area contributed by atoms with Crippen LogP contribution in [0.1, 0.15) is 5.69 Å². The molecule has 2 aromatic heterocycles. The third kappa shape index (κ3) is 2.50. The lowest BCUT2D eigenvalue weighted by molar-refractivity contribution is 0.866. The highest BCUT2D eigenvalue weighted by atomic mass is 32.2. The maximum absolute atomic E-state index is 5.56.